The first kappa shape index (κ1) is 19.2. The van der Waals surface area contributed by atoms with Crippen molar-refractivity contribution < 1.29 is 4.74 Å². The predicted octanol–water partition coefficient (Wildman–Crippen LogP) is 3.37. The summed E-state index contributed by atoms with van der Waals surface area (Å²) in [5.74, 6) is 0.661. The molecule has 2 aromatic carbocycles. The van der Waals surface area contributed by atoms with E-state index in [-0.39, 0.29) is 5.69 Å². The number of aryl methyl sites for hydroxylation is 3. The van der Waals surface area contributed by atoms with Crippen LogP contribution >= 0.6 is 0 Å². The number of nitrogens with zero attached hydrogens (tertiary/aromatic N) is 4. The Labute approximate surface area is 170 Å². The lowest BCUT2D eigenvalue weighted by Crippen LogP contribution is -2.19. The number of ether oxygens (including phenoxy) is 1. The lowest BCUT2D eigenvalue weighted by molar-refractivity contribution is 0.308. The zero-order valence-corrected chi connectivity index (χ0v) is 17.6. The van der Waals surface area contributed by atoms with Crippen LogP contribution in [0.1, 0.15) is 16.7 Å². The van der Waals surface area contributed by atoms with Crippen molar-refractivity contribution in [2.75, 3.05) is 14.2 Å². The second-order valence-corrected chi connectivity index (χ2v) is 7.75. The highest BCUT2D eigenvalue weighted by Gasteiger charge is 2.12. The number of benzene rings is 2. The van der Waals surface area contributed by atoms with Gasteiger partial charge >= 0.3 is 5.69 Å². The summed E-state index contributed by atoms with van der Waals surface area (Å²) in [5, 5.41) is 1.12. The van der Waals surface area contributed by atoms with Gasteiger partial charge in [0.05, 0.1) is 23.7 Å². The van der Waals surface area contributed by atoms with Gasteiger partial charge in [-0.1, -0.05) is 17.7 Å². The van der Waals surface area contributed by atoms with Gasteiger partial charge in [-0.3, -0.25) is 14.0 Å². The number of rotatable bonds is 5. The largest absolute Gasteiger partial charge is 0.481 e. The molecule has 0 aliphatic rings. The van der Waals surface area contributed by atoms with E-state index in [1.165, 1.54) is 5.56 Å². The van der Waals surface area contributed by atoms with Crippen LogP contribution in [-0.2, 0) is 27.2 Å². The molecular weight excluding hydrogens is 364 g/mol. The van der Waals surface area contributed by atoms with E-state index in [0.29, 0.717) is 12.4 Å². The van der Waals surface area contributed by atoms with Crippen molar-refractivity contribution in [2.24, 2.45) is 14.1 Å². The first-order chi connectivity index (χ1) is 13.9. The highest BCUT2D eigenvalue weighted by molar-refractivity contribution is 5.81. The molecule has 0 radical (unpaired) electrons. The average molecular weight is 390 g/mol. The molecule has 2 heterocycles. The fraction of sp³-hybridized carbons (Fsp3) is 0.304. The summed E-state index contributed by atoms with van der Waals surface area (Å²) in [7, 11) is 7.35. The van der Waals surface area contributed by atoms with E-state index in [1.54, 1.807) is 23.3 Å². The van der Waals surface area contributed by atoms with Gasteiger partial charge in [0, 0.05) is 38.1 Å². The van der Waals surface area contributed by atoms with Crippen LogP contribution < -0.4 is 10.4 Å². The normalized spacial score (nSPS) is 11.7. The maximum absolute atomic E-state index is 12.2. The molecule has 0 saturated heterocycles. The molecule has 0 fully saturated rings. The van der Waals surface area contributed by atoms with E-state index in [9.17, 15) is 4.79 Å². The molecule has 0 aliphatic carbocycles. The molecule has 6 nitrogen and oxygen atoms in total. The standard InChI is InChI=1S/C23H26N4O2/c1-15-6-8-19-17(10-15)12-18(22(24-19)29-5)14-25(2)13-16-7-9-20-21(11-16)27(4)23(28)26(20)3/h6-12H,13-14H2,1-5H3. The first-order valence-electron chi connectivity index (χ1n) is 9.64. The minimum atomic E-state index is -0.00669. The monoisotopic (exact) mass is 390 g/mol. The lowest BCUT2D eigenvalue weighted by atomic mass is 10.1. The molecule has 0 amide bonds. The summed E-state index contributed by atoms with van der Waals surface area (Å²) in [6.45, 7) is 3.56. The van der Waals surface area contributed by atoms with Crippen molar-refractivity contribution >= 4 is 21.9 Å². The number of hydrogen-bond acceptors (Lipinski definition) is 4. The van der Waals surface area contributed by atoms with Gasteiger partial charge in [0.1, 0.15) is 0 Å². The quantitative estimate of drug-likeness (QED) is 0.524. The highest BCUT2D eigenvalue weighted by Crippen LogP contribution is 2.25. The van der Waals surface area contributed by atoms with Crippen LogP contribution in [0.15, 0.2) is 47.3 Å². The number of fused-ring (bicyclic) bond motifs is 2. The van der Waals surface area contributed by atoms with Crippen molar-refractivity contribution in [3.63, 3.8) is 0 Å². The molecule has 4 rings (SSSR count). The molecule has 6 heteroatoms. The van der Waals surface area contributed by atoms with Crippen LogP contribution in [0.3, 0.4) is 0 Å². The highest BCUT2D eigenvalue weighted by atomic mass is 16.5. The van der Waals surface area contributed by atoms with Crippen molar-refractivity contribution in [3.05, 3.63) is 69.6 Å². The second kappa shape index (κ2) is 7.37. The molecule has 0 saturated carbocycles. The zero-order valence-electron chi connectivity index (χ0n) is 17.6. The Morgan fingerprint density at radius 2 is 1.76 bits per heavy atom. The third-order valence-electron chi connectivity index (χ3n) is 5.43. The summed E-state index contributed by atoms with van der Waals surface area (Å²) in [5.41, 5.74) is 6.25. The average Bonchev–Trinajstić information content (AvgIpc) is 2.91. The van der Waals surface area contributed by atoms with Crippen LogP contribution in [0.25, 0.3) is 21.9 Å². The second-order valence-electron chi connectivity index (χ2n) is 7.75. The molecule has 29 heavy (non-hydrogen) atoms. The van der Waals surface area contributed by atoms with Gasteiger partial charge in [-0.2, -0.15) is 0 Å². The third-order valence-corrected chi connectivity index (χ3v) is 5.43. The van der Waals surface area contributed by atoms with Gasteiger partial charge in [-0.15, -0.1) is 0 Å². The van der Waals surface area contributed by atoms with Crippen molar-refractivity contribution in [1.82, 2.24) is 19.0 Å². The van der Waals surface area contributed by atoms with Crippen LogP contribution in [0.2, 0.25) is 0 Å². The Morgan fingerprint density at radius 3 is 2.52 bits per heavy atom. The molecule has 0 bridgehead atoms. The minimum absolute atomic E-state index is 0.00669. The molecule has 0 spiro atoms. The van der Waals surface area contributed by atoms with Crippen LogP contribution in [0, 0.1) is 6.92 Å². The Hall–Kier alpha value is -3.12. The molecule has 4 aromatic rings. The van der Waals surface area contributed by atoms with Crippen molar-refractivity contribution in [1.29, 1.82) is 0 Å². The maximum Gasteiger partial charge on any atom is 0.328 e. The SMILES string of the molecule is COc1nc2ccc(C)cc2cc1CN(C)Cc1ccc2c(c1)n(C)c(=O)n2C. The fourth-order valence-corrected chi connectivity index (χ4v) is 3.92. The Morgan fingerprint density at radius 1 is 1.00 bits per heavy atom. The summed E-state index contributed by atoms with van der Waals surface area (Å²) >= 11 is 0. The van der Waals surface area contributed by atoms with Crippen LogP contribution in [0.4, 0.5) is 0 Å². The number of methoxy groups -OCH3 is 1. The molecule has 0 atom stereocenters. The van der Waals surface area contributed by atoms with Gasteiger partial charge in [0.2, 0.25) is 5.88 Å². The fourth-order valence-electron chi connectivity index (χ4n) is 3.92. The van der Waals surface area contributed by atoms with E-state index in [0.717, 1.165) is 39.6 Å². The maximum atomic E-state index is 12.2. The number of hydrogen-bond donors (Lipinski definition) is 0. The molecule has 150 valence electrons. The topological polar surface area (TPSA) is 52.3 Å². The molecular formula is C23H26N4O2. The van der Waals surface area contributed by atoms with E-state index in [1.807, 2.05) is 19.2 Å². The summed E-state index contributed by atoms with van der Waals surface area (Å²) < 4.78 is 8.91. The number of imidazole rings is 1. The van der Waals surface area contributed by atoms with Gasteiger partial charge in [0.25, 0.3) is 0 Å². The third kappa shape index (κ3) is 3.51. The van der Waals surface area contributed by atoms with Crippen molar-refractivity contribution in [3.8, 4) is 5.88 Å². The van der Waals surface area contributed by atoms with Crippen molar-refractivity contribution in [2.45, 2.75) is 20.0 Å². The minimum Gasteiger partial charge on any atom is -0.481 e. The molecule has 0 aliphatic heterocycles. The predicted molar refractivity (Wildman–Crippen MR) is 116 cm³/mol. The van der Waals surface area contributed by atoms with Gasteiger partial charge < -0.3 is 4.74 Å². The Balaban J connectivity index is 1.61. The zero-order chi connectivity index (χ0) is 20.7. The summed E-state index contributed by atoms with van der Waals surface area (Å²) in [4.78, 5) is 19.1. The Bertz CT molecular complexity index is 1270. The lowest BCUT2D eigenvalue weighted by Gasteiger charge is -2.19. The Kier molecular flexibility index (Phi) is 4.88. The molecule has 0 unspecified atom stereocenters. The van der Waals surface area contributed by atoms with Crippen LogP contribution in [0.5, 0.6) is 5.88 Å². The number of pyridine rings is 1. The van der Waals surface area contributed by atoms with E-state index in [2.05, 4.69) is 54.2 Å². The first-order valence-corrected chi connectivity index (χ1v) is 9.64. The van der Waals surface area contributed by atoms with Gasteiger partial charge in [-0.05, 0) is 49.9 Å². The van der Waals surface area contributed by atoms with Gasteiger partial charge in [0.15, 0.2) is 0 Å². The molecule has 0 N–H and O–H groups in total. The van der Waals surface area contributed by atoms with E-state index < -0.39 is 0 Å². The summed E-state index contributed by atoms with van der Waals surface area (Å²) in [6, 6.07) is 14.6. The van der Waals surface area contributed by atoms with Gasteiger partial charge in [-0.25, -0.2) is 9.78 Å². The smallest absolute Gasteiger partial charge is 0.328 e. The summed E-state index contributed by atoms with van der Waals surface area (Å²) in [6.07, 6.45) is 0. The molecule has 2 aromatic heterocycles. The van der Waals surface area contributed by atoms with E-state index in [4.69, 9.17) is 4.74 Å². The number of aromatic nitrogens is 3. The van der Waals surface area contributed by atoms with E-state index >= 15 is 0 Å². The van der Waals surface area contributed by atoms with Crippen LogP contribution in [-0.4, -0.2) is 33.2 Å².